The van der Waals surface area contributed by atoms with Gasteiger partial charge >= 0.3 is 0 Å². The van der Waals surface area contributed by atoms with Crippen LogP contribution in [-0.2, 0) is 0 Å². The summed E-state index contributed by atoms with van der Waals surface area (Å²) in [5.41, 5.74) is 9.48. The largest absolute Gasteiger partial charge is 0.382 e. The first kappa shape index (κ1) is 13.6. The van der Waals surface area contributed by atoms with Gasteiger partial charge in [0.15, 0.2) is 5.82 Å². The van der Waals surface area contributed by atoms with E-state index in [9.17, 15) is 4.39 Å². The van der Waals surface area contributed by atoms with Crippen LogP contribution >= 0.6 is 11.6 Å². The predicted octanol–water partition coefficient (Wildman–Crippen LogP) is 4.43. The fourth-order valence-corrected chi connectivity index (χ4v) is 2.50. The lowest BCUT2D eigenvalue weighted by Crippen LogP contribution is -1.91. The molecule has 0 spiro atoms. The third-order valence-electron chi connectivity index (χ3n) is 3.30. The molecule has 0 saturated heterocycles. The van der Waals surface area contributed by atoms with E-state index in [-0.39, 0.29) is 5.82 Å². The van der Waals surface area contributed by atoms with Gasteiger partial charge in [-0.2, -0.15) is 5.10 Å². The Balaban J connectivity index is 2.24. The zero-order valence-electron chi connectivity index (χ0n) is 11.3. The van der Waals surface area contributed by atoms with Gasteiger partial charge in [-0.3, -0.25) is 5.10 Å². The Morgan fingerprint density at radius 1 is 1.19 bits per heavy atom. The van der Waals surface area contributed by atoms with E-state index in [2.05, 4.69) is 10.2 Å². The number of nitrogen functional groups attached to an aromatic ring is 1. The quantitative estimate of drug-likeness (QED) is 0.736. The van der Waals surface area contributed by atoms with Crippen molar-refractivity contribution in [3.63, 3.8) is 0 Å². The number of aromatic nitrogens is 2. The first-order valence-electron chi connectivity index (χ1n) is 6.42. The molecule has 0 unspecified atom stereocenters. The van der Waals surface area contributed by atoms with Gasteiger partial charge in [-0.1, -0.05) is 41.4 Å². The zero-order valence-corrected chi connectivity index (χ0v) is 12.1. The van der Waals surface area contributed by atoms with Gasteiger partial charge in [-0.25, -0.2) is 4.39 Å². The van der Waals surface area contributed by atoms with Crippen molar-refractivity contribution in [2.24, 2.45) is 0 Å². The number of hydrogen-bond acceptors (Lipinski definition) is 2. The number of aryl methyl sites for hydroxylation is 1. The van der Waals surface area contributed by atoms with Gasteiger partial charge in [0, 0.05) is 10.6 Å². The third-order valence-corrected chi connectivity index (χ3v) is 3.53. The summed E-state index contributed by atoms with van der Waals surface area (Å²) in [5.74, 6) is -0.0491. The highest BCUT2D eigenvalue weighted by molar-refractivity contribution is 6.30. The SMILES string of the molecule is Cc1cccc(-c2c(N)n[nH]c2-c2cc(Cl)ccc2F)c1. The summed E-state index contributed by atoms with van der Waals surface area (Å²) in [7, 11) is 0. The lowest BCUT2D eigenvalue weighted by molar-refractivity contribution is 0.630. The van der Waals surface area contributed by atoms with Crippen LogP contribution in [0.15, 0.2) is 42.5 Å². The van der Waals surface area contributed by atoms with Gasteiger partial charge in [-0.05, 0) is 30.7 Å². The van der Waals surface area contributed by atoms with Crippen molar-refractivity contribution in [1.82, 2.24) is 10.2 Å². The van der Waals surface area contributed by atoms with Crippen molar-refractivity contribution < 1.29 is 4.39 Å². The van der Waals surface area contributed by atoms with Crippen LogP contribution in [0.3, 0.4) is 0 Å². The molecule has 5 heteroatoms. The molecule has 0 fully saturated rings. The second-order valence-corrected chi connectivity index (χ2v) is 5.29. The number of nitrogens with one attached hydrogen (secondary N) is 1. The maximum atomic E-state index is 14.1. The molecule has 0 aliphatic heterocycles. The Morgan fingerprint density at radius 3 is 2.76 bits per heavy atom. The summed E-state index contributed by atoms with van der Waals surface area (Å²) in [6.07, 6.45) is 0. The summed E-state index contributed by atoms with van der Waals surface area (Å²) in [6.45, 7) is 1.99. The number of aromatic amines is 1. The lowest BCUT2D eigenvalue weighted by Gasteiger charge is -2.07. The van der Waals surface area contributed by atoms with Crippen molar-refractivity contribution >= 4 is 17.4 Å². The molecule has 106 valence electrons. The number of halogens is 2. The third kappa shape index (κ3) is 2.50. The molecule has 3 N–H and O–H groups in total. The summed E-state index contributed by atoms with van der Waals surface area (Å²) < 4.78 is 14.1. The smallest absolute Gasteiger partial charge is 0.153 e. The lowest BCUT2D eigenvalue weighted by atomic mass is 9.99. The van der Waals surface area contributed by atoms with Crippen LogP contribution in [0, 0.1) is 12.7 Å². The van der Waals surface area contributed by atoms with Crippen molar-refractivity contribution in [1.29, 1.82) is 0 Å². The van der Waals surface area contributed by atoms with Gasteiger partial charge in [0.05, 0.1) is 11.3 Å². The number of hydrogen-bond donors (Lipinski definition) is 2. The molecule has 21 heavy (non-hydrogen) atoms. The molecule has 3 aromatic rings. The first-order valence-corrected chi connectivity index (χ1v) is 6.80. The maximum Gasteiger partial charge on any atom is 0.153 e. The van der Waals surface area contributed by atoms with E-state index < -0.39 is 0 Å². The molecule has 0 bridgehead atoms. The Hall–Kier alpha value is -2.33. The molecular weight excluding hydrogens is 289 g/mol. The Morgan fingerprint density at radius 2 is 2.00 bits per heavy atom. The minimum absolute atomic E-state index is 0.329. The number of rotatable bonds is 2. The van der Waals surface area contributed by atoms with Crippen molar-refractivity contribution in [3.8, 4) is 22.4 Å². The van der Waals surface area contributed by atoms with Crippen LogP contribution in [-0.4, -0.2) is 10.2 Å². The van der Waals surface area contributed by atoms with Crippen LogP contribution in [0.25, 0.3) is 22.4 Å². The Kier molecular flexibility index (Phi) is 3.39. The van der Waals surface area contributed by atoms with Gasteiger partial charge < -0.3 is 5.73 Å². The highest BCUT2D eigenvalue weighted by Crippen LogP contribution is 2.36. The molecule has 0 radical (unpaired) electrons. The zero-order chi connectivity index (χ0) is 15.0. The fourth-order valence-electron chi connectivity index (χ4n) is 2.33. The molecule has 0 aliphatic rings. The molecule has 1 aromatic heterocycles. The molecule has 0 atom stereocenters. The summed E-state index contributed by atoms with van der Waals surface area (Å²) in [5, 5.41) is 7.27. The van der Waals surface area contributed by atoms with E-state index in [1.54, 1.807) is 6.07 Å². The Labute approximate surface area is 126 Å². The van der Waals surface area contributed by atoms with Gasteiger partial charge in [0.2, 0.25) is 0 Å². The number of nitrogens with zero attached hydrogens (tertiary/aromatic N) is 1. The van der Waals surface area contributed by atoms with E-state index in [1.807, 2.05) is 31.2 Å². The number of nitrogens with two attached hydrogens (primary N) is 1. The molecule has 3 nitrogen and oxygen atoms in total. The minimum atomic E-state index is -0.378. The molecule has 0 amide bonds. The van der Waals surface area contributed by atoms with E-state index in [0.29, 0.717) is 27.7 Å². The second-order valence-electron chi connectivity index (χ2n) is 4.85. The molecule has 1 heterocycles. The molecule has 2 aromatic carbocycles. The minimum Gasteiger partial charge on any atom is -0.382 e. The maximum absolute atomic E-state index is 14.1. The normalized spacial score (nSPS) is 10.8. The molecular formula is C16H13ClFN3. The van der Waals surface area contributed by atoms with Crippen LogP contribution in [0.1, 0.15) is 5.56 Å². The first-order chi connectivity index (χ1) is 10.1. The summed E-state index contributed by atoms with van der Waals surface area (Å²) in [6, 6.07) is 12.2. The average Bonchev–Trinajstić information content (AvgIpc) is 2.83. The number of anilines is 1. The summed E-state index contributed by atoms with van der Waals surface area (Å²) >= 11 is 5.96. The number of H-pyrrole nitrogens is 1. The highest BCUT2D eigenvalue weighted by Gasteiger charge is 2.17. The molecule has 0 aliphatic carbocycles. The average molecular weight is 302 g/mol. The topological polar surface area (TPSA) is 54.7 Å². The van der Waals surface area contributed by atoms with Crippen molar-refractivity contribution in [2.45, 2.75) is 6.92 Å². The van der Waals surface area contributed by atoms with Crippen LogP contribution in [0.5, 0.6) is 0 Å². The van der Waals surface area contributed by atoms with Crippen LogP contribution in [0.2, 0.25) is 5.02 Å². The Bertz CT molecular complexity index is 811. The van der Waals surface area contributed by atoms with E-state index in [1.165, 1.54) is 12.1 Å². The van der Waals surface area contributed by atoms with Gasteiger partial charge in [-0.15, -0.1) is 0 Å². The fraction of sp³-hybridized carbons (Fsp3) is 0.0625. The standard InChI is InChI=1S/C16H13ClFN3/c1-9-3-2-4-10(7-9)14-15(20-21-16(14)19)12-8-11(17)5-6-13(12)18/h2-8H,1H3,(H3,19,20,21). The van der Waals surface area contributed by atoms with Crippen molar-refractivity contribution in [2.75, 3.05) is 5.73 Å². The van der Waals surface area contributed by atoms with Crippen molar-refractivity contribution in [3.05, 3.63) is 58.9 Å². The predicted molar refractivity (Wildman–Crippen MR) is 83.6 cm³/mol. The van der Waals surface area contributed by atoms with Gasteiger partial charge in [0.1, 0.15) is 5.82 Å². The summed E-state index contributed by atoms with van der Waals surface area (Å²) in [4.78, 5) is 0. The van der Waals surface area contributed by atoms with E-state index >= 15 is 0 Å². The van der Waals surface area contributed by atoms with Gasteiger partial charge in [0.25, 0.3) is 0 Å². The van der Waals surface area contributed by atoms with E-state index in [0.717, 1.165) is 11.1 Å². The van der Waals surface area contributed by atoms with Crippen LogP contribution in [0.4, 0.5) is 10.2 Å². The molecule has 3 rings (SSSR count). The van der Waals surface area contributed by atoms with Crippen LogP contribution < -0.4 is 5.73 Å². The second kappa shape index (κ2) is 5.22. The molecule has 0 saturated carbocycles. The highest BCUT2D eigenvalue weighted by atomic mass is 35.5. The number of benzene rings is 2. The van der Waals surface area contributed by atoms with E-state index in [4.69, 9.17) is 17.3 Å². The monoisotopic (exact) mass is 301 g/mol.